The van der Waals surface area contributed by atoms with Gasteiger partial charge in [0, 0.05) is 12.1 Å². The lowest BCUT2D eigenvalue weighted by Gasteiger charge is -2.11. The predicted molar refractivity (Wildman–Crippen MR) is 50.6 cm³/mol. The molecule has 0 aliphatic rings. The number of hydrogen-bond acceptors (Lipinski definition) is 2. The Hall–Kier alpha value is -1.42. The van der Waals surface area contributed by atoms with Crippen molar-refractivity contribution in [2.75, 3.05) is 6.54 Å². The molecule has 0 spiro atoms. The Morgan fingerprint density at radius 1 is 1.64 bits per heavy atom. The lowest BCUT2D eigenvalue weighted by Crippen LogP contribution is -2.22. The van der Waals surface area contributed by atoms with Crippen molar-refractivity contribution in [3.05, 3.63) is 35.1 Å². The van der Waals surface area contributed by atoms with Crippen molar-refractivity contribution in [1.29, 1.82) is 0 Å². The van der Waals surface area contributed by atoms with Gasteiger partial charge < -0.3 is 10.8 Å². The van der Waals surface area contributed by atoms with Crippen LogP contribution in [0.4, 0.5) is 4.39 Å². The van der Waals surface area contributed by atoms with E-state index in [1.807, 2.05) is 0 Å². The van der Waals surface area contributed by atoms with Gasteiger partial charge in [0.1, 0.15) is 5.82 Å². The van der Waals surface area contributed by atoms with Gasteiger partial charge >= 0.3 is 5.97 Å². The van der Waals surface area contributed by atoms with Crippen LogP contribution in [0, 0.1) is 12.7 Å². The number of aryl methyl sites for hydroxylation is 1. The minimum Gasteiger partial charge on any atom is -0.481 e. The molecule has 4 heteroatoms. The van der Waals surface area contributed by atoms with Gasteiger partial charge in [-0.25, -0.2) is 4.39 Å². The Balaban J connectivity index is 3.15. The van der Waals surface area contributed by atoms with Crippen molar-refractivity contribution in [3.63, 3.8) is 0 Å². The number of rotatable bonds is 3. The Bertz CT molecular complexity index is 352. The Labute approximate surface area is 81.4 Å². The molecule has 0 aliphatic carbocycles. The van der Waals surface area contributed by atoms with Crippen LogP contribution < -0.4 is 5.73 Å². The maximum absolute atomic E-state index is 13.2. The zero-order valence-electron chi connectivity index (χ0n) is 7.83. The molecule has 3 nitrogen and oxygen atoms in total. The van der Waals surface area contributed by atoms with Crippen LogP contribution in [0.15, 0.2) is 18.2 Å². The minimum atomic E-state index is -1.10. The number of carboxylic acids is 1. The first-order chi connectivity index (χ1) is 6.56. The number of hydrogen-bond donors (Lipinski definition) is 2. The van der Waals surface area contributed by atoms with Gasteiger partial charge in [-0.05, 0) is 13.0 Å². The van der Waals surface area contributed by atoms with Gasteiger partial charge in [-0.3, -0.25) is 4.79 Å². The van der Waals surface area contributed by atoms with Crippen molar-refractivity contribution < 1.29 is 14.3 Å². The molecule has 0 bridgehead atoms. The summed E-state index contributed by atoms with van der Waals surface area (Å²) in [7, 11) is 0. The average molecular weight is 197 g/mol. The summed E-state index contributed by atoms with van der Waals surface area (Å²) in [4.78, 5) is 10.7. The smallest absolute Gasteiger partial charge is 0.312 e. The van der Waals surface area contributed by atoms with Gasteiger partial charge in [0.15, 0.2) is 0 Å². The first-order valence-corrected chi connectivity index (χ1v) is 4.25. The van der Waals surface area contributed by atoms with Crippen LogP contribution in [0.25, 0.3) is 0 Å². The van der Waals surface area contributed by atoms with Crippen LogP contribution in [0.3, 0.4) is 0 Å². The highest BCUT2D eigenvalue weighted by molar-refractivity contribution is 5.76. The molecule has 1 aromatic rings. The molecule has 1 aromatic carbocycles. The highest BCUT2D eigenvalue weighted by Crippen LogP contribution is 2.20. The molecule has 0 aromatic heterocycles. The molecule has 0 aliphatic heterocycles. The normalized spacial score (nSPS) is 12.5. The van der Waals surface area contributed by atoms with Crippen molar-refractivity contribution in [1.82, 2.24) is 0 Å². The summed E-state index contributed by atoms with van der Waals surface area (Å²) in [5.41, 5.74) is 6.25. The van der Waals surface area contributed by atoms with Gasteiger partial charge in [-0.1, -0.05) is 17.7 Å². The quantitative estimate of drug-likeness (QED) is 0.766. The van der Waals surface area contributed by atoms with E-state index in [-0.39, 0.29) is 12.1 Å². The fourth-order valence-corrected chi connectivity index (χ4v) is 1.29. The molecule has 14 heavy (non-hydrogen) atoms. The molecular weight excluding hydrogens is 185 g/mol. The van der Waals surface area contributed by atoms with Gasteiger partial charge in [0.25, 0.3) is 0 Å². The highest BCUT2D eigenvalue weighted by Gasteiger charge is 2.21. The van der Waals surface area contributed by atoms with E-state index in [1.54, 1.807) is 13.0 Å². The molecule has 76 valence electrons. The van der Waals surface area contributed by atoms with Crippen LogP contribution in [0.1, 0.15) is 17.0 Å². The second-order valence-electron chi connectivity index (χ2n) is 3.15. The van der Waals surface area contributed by atoms with Gasteiger partial charge in [-0.2, -0.15) is 0 Å². The monoisotopic (exact) mass is 197 g/mol. The van der Waals surface area contributed by atoms with E-state index in [4.69, 9.17) is 10.8 Å². The molecular formula is C10H12FNO2. The SMILES string of the molecule is Cc1ccc(F)c(C(CN)C(=O)O)c1. The van der Waals surface area contributed by atoms with E-state index >= 15 is 0 Å². The molecule has 1 unspecified atom stereocenters. The third kappa shape index (κ3) is 2.09. The first kappa shape index (κ1) is 10.7. The molecule has 1 rings (SSSR count). The summed E-state index contributed by atoms with van der Waals surface area (Å²) < 4.78 is 13.2. The summed E-state index contributed by atoms with van der Waals surface area (Å²) in [5.74, 6) is -2.58. The number of aliphatic carboxylic acids is 1. The topological polar surface area (TPSA) is 63.3 Å². The van der Waals surface area contributed by atoms with E-state index in [9.17, 15) is 9.18 Å². The zero-order chi connectivity index (χ0) is 10.7. The number of nitrogens with two attached hydrogens (primary N) is 1. The van der Waals surface area contributed by atoms with E-state index < -0.39 is 17.7 Å². The van der Waals surface area contributed by atoms with Crippen LogP contribution in [0.5, 0.6) is 0 Å². The zero-order valence-corrected chi connectivity index (χ0v) is 7.83. The maximum Gasteiger partial charge on any atom is 0.312 e. The van der Waals surface area contributed by atoms with Crippen molar-refractivity contribution in [2.45, 2.75) is 12.8 Å². The molecule has 0 amide bonds. The first-order valence-electron chi connectivity index (χ1n) is 4.25. The maximum atomic E-state index is 13.2. The standard InChI is InChI=1S/C10H12FNO2/c1-6-2-3-9(11)7(4-6)8(5-12)10(13)14/h2-4,8H,5,12H2,1H3,(H,13,14). The third-order valence-corrected chi connectivity index (χ3v) is 2.06. The summed E-state index contributed by atoms with van der Waals surface area (Å²) in [5, 5.41) is 8.80. The summed E-state index contributed by atoms with van der Waals surface area (Å²) in [6.07, 6.45) is 0. The number of halogens is 1. The number of carboxylic acid groups (broad SMARTS) is 1. The number of carbonyl (C=O) groups is 1. The van der Waals surface area contributed by atoms with E-state index in [0.717, 1.165) is 5.56 Å². The minimum absolute atomic E-state index is 0.101. The summed E-state index contributed by atoms with van der Waals surface area (Å²) in [6.45, 7) is 1.67. The fraction of sp³-hybridized carbons (Fsp3) is 0.300. The van der Waals surface area contributed by atoms with Crippen molar-refractivity contribution in [3.8, 4) is 0 Å². The van der Waals surface area contributed by atoms with E-state index in [2.05, 4.69) is 0 Å². The molecule has 1 atom stereocenters. The highest BCUT2D eigenvalue weighted by atomic mass is 19.1. The van der Waals surface area contributed by atoms with Crippen LogP contribution in [0.2, 0.25) is 0 Å². The molecule has 0 saturated carbocycles. The molecule has 0 radical (unpaired) electrons. The van der Waals surface area contributed by atoms with Crippen LogP contribution in [-0.2, 0) is 4.79 Å². The second-order valence-corrected chi connectivity index (χ2v) is 3.15. The molecule has 0 saturated heterocycles. The third-order valence-electron chi connectivity index (χ3n) is 2.06. The Kier molecular flexibility index (Phi) is 3.19. The van der Waals surface area contributed by atoms with Gasteiger partial charge in [0.2, 0.25) is 0 Å². The molecule has 0 fully saturated rings. The number of benzene rings is 1. The Morgan fingerprint density at radius 3 is 2.79 bits per heavy atom. The van der Waals surface area contributed by atoms with Crippen molar-refractivity contribution >= 4 is 5.97 Å². The fourth-order valence-electron chi connectivity index (χ4n) is 1.29. The molecule has 0 heterocycles. The van der Waals surface area contributed by atoms with E-state index in [1.165, 1.54) is 12.1 Å². The summed E-state index contributed by atoms with van der Waals surface area (Å²) >= 11 is 0. The lowest BCUT2D eigenvalue weighted by molar-refractivity contribution is -0.138. The largest absolute Gasteiger partial charge is 0.481 e. The van der Waals surface area contributed by atoms with Crippen molar-refractivity contribution in [2.24, 2.45) is 5.73 Å². The predicted octanol–water partition coefficient (Wildman–Crippen LogP) is 1.26. The summed E-state index contributed by atoms with van der Waals surface area (Å²) in [6, 6.07) is 4.37. The van der Waals surface area contributed by atoms with E-state index in [0.29, 0.717) is 0 Å². The average Bonchev–Trinajstić information content (AvgIpc) is 2.11. The molecule has 3 N–H and O–H groups in total. The van der Waals surface area contributed by atoms with Gasteiger partial charge in [-0.15, -0.1) is 0 Å². The Morgan fingerprint density at radius 2 is 2.29 bits per heavy atom. The lowest BCUT2D eigenvalue weighted by atomic mass is 9.97. The van der Waals surface area contributed by atoms with Crippen LogP contribution >= 0.6 is 0 Å². The van der Waals surface area contributed by atoms with Gasteiger partial charge in [0.05, 0.1) is 5.92 Å². The second kappa shape index (κ2) is 4.19. The van der Waals surface area contributed by atoms with Crippen LogP contribution in [-0.4, -0.2) is 17.6 Å².